The predicted molar refractivity (Wildman–Crippen MR) is 111 cm³/mol. The number of hydrogen-bond donors (Lipinski definition) is 1. The van der Waals surface area contributed by atoms with E-state index in [1.807, 2.05) is 43.3 Å². The Balaban J connectivity index is 1.53. The fourth-order valence-electron chi connectivity index (χ4n) is 3.13. The zero-order chi connectivity index (χ0) is 19.2. The standard InChI is InChI=1S/C20H23Cl2N3O2/c1-2-27-18-9-4-3-7-16(18)23-19(26)14-24-10-12-25(13-11-24)17-8-5-6-15(21)20(17)22/h3-9H,2,10-14H2,1H3,(H,23,26). The summed E-state index contributed by atoms with van der Waals surface area (Å²) in [4.78, 5) is 16.8. The molecular weight excluding hydrogens is 385 g/mol. The van der Waals surface area contributed by atoms with E-state index < -0.39 is 0 Å². The Morgan fingerprint density at radius 1 is 1.07 bits per heavy atom. The molecule has 1 heterocycles. The molecule has 1 saturated heterocycles. The highest BCUT2D eigenvalue weighted by Gasteiger charge is 2.21. The number of piperazine rings is 1. The molecule has 0 aliphatic carbocycles. The van der Waals surface area contributed by atoms with E-state index in [1.165, 1.54) is 0 Å². The third-order valence-electron chi connectivity index (χ3n) is 4.47. The van der Waals surface area contributed by atoms with Crippen LogP contribution in [0.1, 0.15) is 6.92 Å². The van der Waals surface area contributed by atoms with Crippen LogP contribution >= 0.6 is 23.2 Å². The van der Waals surface area contributed by atoms with E-state index in [9.17, 15) is 4.79 Å². The molecule has 0 atom stereocenters. The highest BCUT2D eigenvalue weighted by Crippen LogP contribution is 2.32. The molecule has 27 heavy (non-hydrogen) atoms. The monoisotopic (exact) mass is 407 g/mol. The average Bonchev–Trinajstić information content (AvgIpc) is 2.66. The van der Waals surface area contributed by atoms with Gasteiger partial charge in [0.2, 0.25) is 5.91 Å². The van der Waals surface area contributed by atoms with Crippen LogP contribution in [0.15, 0.2) is 42.5 Å². The third-order valence-corrected chi connectivity index (χ3v) is 5.28. The van der Waals surface area contributed by atoms with E-state index in [1.54, 1.807) is 6.07 Å². The molecule has 1 N–H and O–H groups in total. The number of amides is 1. The minimum absolute atomic E-state index is 0.0450. The molecule has 7 heteroatoms. The van der Waals surface area contributed by atoms with Gasteiger partial charge in [-0.2, -0.15) is 0 Å². The fraction of sp³-hybridized carbons (Fsp3) is 0.350. The van der Waals surface area contributed by atoms with Crippen molar-refractivity contribution >= 4 is 40.5 Å². The predicted octanol–water partition coefficient (Wildman–Crippen LogP) is 4.15. The number of carbonyl (C=O) groups excluding carboxylic acids is 1. The van der Waals surface area contributed by atoms with E-state index in [2.05, 4.69) is 15.1 Å². The summed E-state index contributed by atoms with van der Waals surface area (Å²) >= 11 is 12.4. The Hall–Kier alpha value is -1.95. The van der Waals surface area contributed by atoms with Gasteiger partial charge in [0, 0.05) is 26.2 Å². The van der Waals surface area contributed by atoms with E-state index in [0.717, 1.165) is 31.9 Å². The molecular formula is C20H23Cl2N3O2. The van der Waals surface area contributed by atoms with Gasteiger partial charge in [0.1, 0.15) is 5.75 Å². The van der Waals surface area contributed by atoms with Crippen molar-refractivity contribution in [3.05, 3.63) is 52.5 Å². The van der Waals surface area contributed by atoms with Crippen molar-refractivity contribution in [2.24, 2.45) is 0 Å². The van der Waals surface area contributed by atoms with Crippen molar-refractivity contribution in [3.8, 4) is 5.75 Å². The van der Waals surface area contributed by atoms with Crippen LogP contribution in [0.3, 0.4) is 0 Å². The lowest BCUT2D eigenvalue weighted by atomic mass is 10.2. The van der Waals surface area contributed by atoms with Crippen LogP contribution < -0.4 is 15.0 Å². The molecule has 2 aromatic carbocycles. The Kier molecular flexibility index (Phi) is 6.83. The van der Waals surface area contributed by atoms with Crippen LogP contribution in [0.4, 0.5) is 11.4 Å². The summed E-state index contributed by atoms with van der Waals surface area (Å²) in [5.74, 6) is 0.644. The molecule has 3 rings (SSSR count). The lowest BCUT2D eigenvalue weighted by Crippen LogP contribution is -2.48. The van der Waals surface area contributed by atoms with Gasteiger partial charge in [0.25, 0.3) is 0 Å². The molecule has 1 aliphatic rings. The van der Waals surface area contributed by atoms with Crippen LogP contribution in [0.5, 0.6) is 5.75 Å². The zero-order valence-electron chi connectivity index (χ0n) is 15.3. The summed E-state index contributed by atoms with van der Waals surface area (Å²) in [6.07, 6.45) is 0. The van der Waals surface area contributed by atoms with Gasteiger partial charge in [-0.25, -0.2) is 0 Å². The highest BCUT2D eigenvalue weighted by atomic mass is 35.5. The maximum absolute atomic E-state index is 12.4. The molecule has 5 nitrogen and oxygen atoms in total. The Labute approximate surface area is 169 Å². The first-order valence-corrected chi connectivity index (χ1v) is 9.77. The van der Waals surface area contributed by atoms with Gasteiger partial charge in [0.05, 0.1) is 34.6 Å². The van der Waals surface area contributed by atoms with Crippen molar-refractivity contribution in [1.82, 2.24) is 4.90 Å². The maximum Gasteiger partial charge on any atom is 0.238 e. The molecule has 1 fully saturated rings. The number of hydrogen-bond acceptors (Lipinski definition) is 4. The zero-order valence-corrected chi connectivity index (χ0v) is 16.8. The SMILES string of the molecule is CCOc1ccccc1NC(=O)CN1CCN(c2cccc(Cl)c2Cl)CC1. The molecule has 0 saturated carbocycles. The molecule has 0 radical (unpaired) electrons. The summed E-state index contributed by atoms with van der Waals surface area (Å²) in [5.41, 5.74) is 1.65. The van der Waals surface area contributed by atoms with E-state index in [-0.39, 0.29) is 5.91 Å². The summed E-state index contributed by atoms with van der Waals surface area (Å²) in [6, 6.07) is 13.1. The molecule has 144 valence electrons. The van der Waals surface area contributed by atoms with Gasteiger partial charge < -0.3 is 15.0 Å². The summed E-state index contributed by atoms with van der Waals surface area (Å²) in [7, 11) is 0. The lowest BCUT2D eigenvalue weighted by Gasteiger charge is -2.36. The van der Waals surface area contributed by atoms with Gasteiger partial charge in [-0.1, -0.05) is 41.4 Å². The quantitative estimate of drug-likeness (QED) is 0.780. The lowest BCUT2D eigenvalue weighted by molar-refractivity contribution is -0.117. The van der Waals surface area contributed by atoms with E-state index in [0.29, 0.717) is 34.6 Å². The molecule has 0 bridgehead atoms. The van der Waals surface area contributed by atoms with Crippen molar-refractivity contribution in [1.29, 1.82) is 0 Å². The first-order chi connectivity index (χ1) is 13.1. The van der Waals surface area contributed by atoms with Crippen LogP contribution in [0.2, 0.25) is 10.0 Å². The number of ether oxygens (including phenoxy) is 1. The van der Waals surface area contributed by atoms with Gasteiger partial charge in [0.15, 0.2) is 0 Å². The van der Waals surface area contributed by atoms with Crippen LogP contribution in [-0.2, 0) is 4.79 Å². The maximum atomic E-state index is 12.4. The number of rotatable bonds is 6. The van der Waals surface area contributed by atoms with Crippen LogP contribution in [0, 0.1) is 0 Å². The normalized spacial score (nSPS) is 14.9. The van der Waals surface area contributed by atoms with Gasteiger partial charge >= 0.3 is 0 Å². The van der Waals surface area contributed by atoms with Crippen LogP contribution in [0.25, 0.3) is 0 Å². The number of anilines is 2. The van der Waals surface area contributed by atoms with Gasteiger partial charge in [-0.3, -0.25) is 9.69 Å². The molecule has 2 aromatic rings. The average molecular weight is 408 g/mol. The van der Waals surface area contributed by atoms with Crippen molar-refractivity contribution in [3.63, 3.8) is 0 Å². The highest BCUT2D eigenvalue weighted by molar-refractivity contribution is 6.43. The topological polar surface area (TPSA) is 44.8 Å². The number of carbonyl (C=O) groups is 1. The van der Waals surface area contributed by atoms with Gasteiger partial charge in [-0.05, 0) is 31.2 Å². The van der Waals surface area contributed by atoms with Gasteiger partial charge in [-0.15, -0.1) is 0 Å². The summed E-state index contributed by atoms with van der Waals surface area (Å²) in [6.45, 7) is 5.97. The first kappa shape index (κ1) is 19.8. The van der Waals surface area contributed by atoms with Crippen LogP contribution in [-0.4, -0.2) is 50.1 Å². The second-order valence-electron chi connectivity index (χ2n) is 6.31. The van der Waals surface area contributed by atoms with Crippen molar-refractivity contribution in [2.75, 3.05) is 49.5 Å². The summed E-state index contributed by atoms with van der Waals surface area (Å²) < 4.78 is 5.55. The smallest absolute Gasteiger partial charge is 0.238 e. The number of para-hydroxylation sites is 2. The Bertz CT molecular complexity index is 793. The second kappa shape index (κ2) is 9.31. The molecule has 0 unspecified atom stereocenters. The second-order valence-corrected chi connectivity index (χ2v) is 7.10. The minimum atomic E-state index is -0.0450. The Morgan fingerprint density at radius 2 is 1.81 bits per heavy atom. The Morgan fingerprint density at radius 3 is 2.56 bits per heavy atom. The number of nitrogens with zero attached hydrogens (tertiary/aromatic N) is 2. The molecule has 1 amide bonds. The molecule has 0 spiro atoms. The van der Waals surface area contributed by atoms with Crippen molar-refractivity contribution in [2.45, 2.75) is 6.92 Å². The minimum Gasteiger partial charge on any atom is -0.492 e. The third kappa shape index (κ3) is 5.06. The molecule has 0 aromatic heterocycles. The van der Waals surface area contributed by atoms with Crippen molar-refractivity contribution < 1.29 is 9.53 Å². The summed E-state index contributed by atoms with van der Waals surface area (Å²) in [5, 5.41) is 4.08. The number of halogens is 2. The first-order valence-electron chi connectivity index (χ1n) is 9.01. The van der Waals surface area contributed by atoms with E-state index in [4.69, 9.17) is 27.9 Å². The number of benzene rings is 2. The van der Waals surface area contributed by atoms with E-state index >= 15 is 0 Å². The largest absolute Gasteiger partial charge is 0.492 e. The molecule has 1 aliphatic heterocycles. The fourth-order valence-corrected chi connectivity index (χ4v) is 3.54. The number of nitrogens with one attached hydrogen (secondary N) is 1.